The second kappa shape index (κ2) is 11.7. The van der Waals surface area contributed by atoms with Gasteiger partial charge < -0.3 is 19.4 Å². The number of hydrogen-bond acceptors (Lipinski definition) is 7. The minimum Gasteiger partial charge on any atom is -0.470 e. The predicted octanol–water partition coefficient (Wildman–Crippen LogP) is 4.48. The van der Waals surface area contributed by atoms with Crippen molar-refractivity contribution in [2.24, 2.45) is 5.92 Å². The molecule has 35 heavy (non-hydrogen) atoms. The first-order chi connectivity index (χ1) is 16.7. The maximum absolute atomic E-state index is 12.3. The van der Waals surface area contributed by atoms with E-state index >= 15 is 0 Å². The number of oxazole rings is 1. The smallest absolute Gasteiger partial charge is 0.392 e. The van der Waals surface area contributed by atoms with Crippen LogP contribution < -0.4 is 10.1 Å². The fraction of sp³-hybridized carbons (Fsp3) is 0.708. The lowest BCUT2D eigenvalue weighted by atomic mass is 9.84. The molecule has 1 fully saturated rings. The van der Waals surface area contributed by atoms with Crippen LogP contribution in [0.15, 0.2) is 10.6 Å². The van der Waals surface area contributed by atoms with Gasteiger partial charge in [0.25, 0.3) is 5.19 Å². The SMILES string of the molecule is Cc1ncc(CC(=O)NC2CCC(CCN3CCc4nc(OCCC(F)(F)F)sc4CC3)CC2)o1. The molecule has 2 aliphatic rings. The van der Waals surface area contributed by atoms with Crippen molar-refractivity contribution in [2.45, 2.75) is 76.9 Å². The topological polar surface area (TPSA) is 80.5 Å². The van der Waals surface area contributed by atoms with E-state index in [0.29, 0.717) is 22.8 Å². The van der Waals surface area contributed by atoms with Gasteiger partial charge in [-0.3, -0.25) is 4.79 Å². The Kier molecular flexibility index (Phi) is 8.69. The average Bonchev–Trinajstić information content (AvgIpc) is 3.33. The molecule has 7 nitrogen and oxygen atoms in total. The number of amides is 1. The second-order valence-electron chi connectivity index (χ2n) is 9.50. The van der Waals surface area contributed by atoms with E-state index in [9.17, 15) is 18.0 Å². The van der Waals surface area contributed by atoms with Gasteiger partial charge in [0.2, 0.25) is 5.91 Å². The van der Waals surface area contributed by atoms with E-state index < -0.39 is 12.6 Å². The van der Waals surface area contributed by atoms with Crippen molar-refractivity contribution in [3.8, 4) is 5.19 Å². The molecule has 1 N–H and O–H groups in total. The molecule has 1 aliphatic carbocycles. The molecule has 1 saturated carbocycles. The summed E-state index contributed by atoms with van der Waals surface area (Å²) in [5.41, 5.74) is 0.969. The zero-order valence-electron chi connectivity index (χ0n) is 20.0. The highest BCUT2D eigenvalue weighted by atomic mass is 32.1. The Hall–Kier alpha value is -2.14. The molecular weight excluding hydrogens is 481 g/mol. The number of nitrogens with zero attached hydrogens (tertiary/aromatic N) is 3. The molecule has 4 rings (SSSR count). The normalized spacial score (nSPS) is 21.4. The molecule has 3 heterocycles. The number of aryl methyl sites for hydroxylation is 1. The molecule has 194 valence electrons. The van der Waals surface area contributed by atoms with Crippen molar-refractivity contribution >= 4 is 17.2 Å². The highest BCUT2D eigenvalue weighted by Crippen LogP contribution is 2.30. The Morgan fingerprint density at radius 3 is 2.74 bits per heavy atom. The zero-order chi connectivity index (χ0) is 24.8. The Bertz CT molecular complexity index is 944. The van der Waals surface area contributed by atoms with Crippen molar-refractivity contribution < 1.29 is 27.1 Å². The molecule has 2 aromatic heterocycles. The quantitative estimate of drug-likeness (QED) is 0.532. The Balaban J connectivity index is 1.12. The number of carbonyl (C=O) groups excluding carboxylic acids is 1. The summed E-state index contributed by atoms with van der Waals surface area (Å²) >= 11 is 1.38. The number of rotatable bonds is 9. The molecule has 0 spiro atoms. The van der Waals surface area contributed by atoms with Crippen LogP contribution in [0.3, 0.4) is 0 Å². The number of halogens is 3. The standard InChI is InChI=1S/C24H33F3N4O3S/c1-16-28-15-19(34-16)14-22(32)29-18-4-2-17(3-5-18)6-10-31-11-7-20-21(8-12-31)35-23(30-20)33-13-9-24(25,26)27/h15,17-18H,2-14H2,1H3,(H,29,32). The molecule has 0 saturated heterocycles. The van der Waals surface area contributed by atoms with Gasteiger partial charge in [-0.05, 0) is 51.0 Å². The van der Waals surface area contributed by atoms with E-state index in [0.717, 1.165) is 75.2 Å². The van der Waals surface area contributed by atoms with Crippen molar-refractivity contribution in [1.29, 1.82) is 0 Å². The molecule has 0 atom stereocenters. The summed E-state index contributed by atoms with van der Waals surface area (Å²) in [6.07, 6.45) is 3.73. The third-order valence-corrected chi connectivity index (χ3v) is 7.83. The predicted molar refractivity (Wildman–Crippen MR) is 126 cm³/mol. The third-order valence-electron chi connectivity index (χ3n) is 6.76. The minimum atomic E-state index is -4.21. The van der Waals surface area contributed by atoms with Crippen LogP contribution in [0, 0.1) is 12.8 Å². The summed E-state index contributed by atoms with van der Waals surface area (Å²) < 4.78 is 47.5. The molecule has 0 radical (unpaired) electrons. The Morgan fingerprint density at radius 1 is 1.26 bits per heavy atom. The Morgan fingerprint density at radius 2 is 2.03 bits per heavy atom. The van der Waals surface area contributed by atoms with E-state index in [-0.39, 0.29) is 25.0 Å². The number of carbonyl (C=O) groups is 1. The van der Waals surface area contributed by atoms with Gasteiger partial charge in [0.1, 0.15) is 5.76 Å². The number of thiazole rings is 1. The van der Waals surface area contributed by atoms with Crippen LogP contribution in [-0.4, -0.2) is 59.2 Å². The first-order valence-corrected chi connectivity index (χ1v) is 13.2. The van der Waals surface area contributed by atoms with Gasteiger partial charge in [-0.15, -0.1) is 0 Å². The van der Waals surface area contributed by atoms with Crippen molar-refractivity contribution in [2.75, 3.05) is 26.2 Å². The van der Waals surface area contributed by atoms with E-state index in [2.05, 4.69) is 20.2 Å². The second-order valence-corrected chi connectivity index (χ2v) is 10.5. The third kappa shape index (κ3) is 8.20. The summed E-state index contributed by atoms with van der Waals surface area (Å²) in [4.78, 5) is 24.3. The van der Waals surface area contributed by atoms with Gasteiger partial charge >= 0.3 is 6.18 Å². The summed E-state index contributed by atoms with van der Waals surface area (Å²) in [6, 6.07) is 0.232. The Labute approximate surface area is 207 Å². The number of nitrogens with one attached hydrogen (secondary N) is 1. The van der Waals surface area contributed by atoms with Gasteiger partial charge in [0.15, 0.2) is 5.89 Å². The van der Waals surface area contributed by atoms with Crippen LogP contribution in [0.1, 0.15) is 60.7 Å². The van der Waals surface area contributed by atoms with Crippen molar-refractivity contribution in [3.05, 3.63) is 28.4 Å². The van der Waals surface area contributed by atoms with Crippen LogP contribution in [-0.2, 0) is 24.1 Å². The van der Waals surface area contributed by atoms with E-state index in [1.165, 1.54) is 11.3 Å². The van der Waals surface area contributed by atoms with E-state index in [1.54, 1.807) is 13.1 Å². The maximum atomic E-state index is 12.3. The summed E-state index contributed by atoms with van der Waals surface area (Å²) in [5, 5.41) is 3.49. The highest BCUT2D eigenvalue weighted by Gasteiger charge is 2.28. The molecular formula is C24H33F3N4O3S. The van der Waals surface area contributed by atoms with Crippen LogP contribution in [0.25, 0.3) is 0 Å². The number of alkyl halides is 3. The number of ether oxygens (including phenoxy) is 1. The van der Waals surface area contributed by atoms with Gasteiger partial charge in [0, 0.05) is 37.4 Å². The first-order valence-electron chi connectivity index (χ1n) is 12.3. The van der Waals surface area contributed by atoms with Gasteiger partial charge in [-0.2, -0.15) is 13.2 Å². The summed E-state index contributed by atoms with van der Waals surface area (Å²) in [5.74, 6) is 1.83. The molecule has 2 aromatic rings. The minimum absolute atomic E-state index is 0.0100. The summed E-state index contributed by atoms with van der Waals surface area (Å²) in [6.45, 7) is 4.27. The van der Waals surface area contributed by atoms with E-state index in [4.69, 9.17) is 9.15 Å². The van der Waals surface area contributed by atoms with Gasteiger partial charge in [0.05, 0.1) is 31.3 Å². The fourth-order valence-corrected chi connectivity index (χ4v) is 5.78. The van der Waals surface area contributed by atoms with Crippen molar-refractivity contribution in [1.82, 2.24) is 20.2 Å². The molecule has 0 bridgehead atoms. The first kappa shape index (κ1) is 25.9. The molecule has 11 heteroatoms. The van der Waals surface area contributed by atoms with Crippen LogP contribution in [0.5, 0.6) is 5.19 Å². The largest absolute Gasteiger partial charge is 0.470 e. The fourth-order valence-electron chi connectivity index (χ4n) is 4.81. The molecule has 0 unspecified atom stereocenters. The van der Waals surface area contributed by atoms with Crippen LogP contribution in [0.4, 0.5) is 13.2 Å². The van der Waals surface area contributed by atoms with Gasteiger partial charge in [-0.25, -0.2) is 9.97 Å². The number of fused-ring (bicyclic) bond motifs is 1. The highest BCUT2D eigenvalue weighted by molar-refractivity contribution is 7.13. The number of aromatic nitrogens is 2. The lowest BCUT2D eigenvalue weighted by Gasteiger charge is -2.30. The van der Waals surface area contributed by atoms with Crippen molar-refractivity contribution in [3.63, 3.8) is 0 Å². The monoisotopic (exact) mass is 514 g/mol. The van der Waals surface area contributed by atoms with Gasteiger partial charge in [-0.1, -0.05) is 11.3 Å². The number of hydrogen-bond donors (Lipinski definition) is 1. The average molecular weight is 515 g/mol. The molecule has 0 aromatic carbocycles. The van der Waals surface area contributed by atoms with Crippen LogP contribution >= 0.6 is 11.3 Å². The maximum Gasteiger partial charge on any atom is 0.392 e. The lowest BCUT2D eigenvalue weighted by molar-refractivity contribution is -0.139. The molecule has 1 amide bonds. The zero-order valence-corrected chi connectivity index (χ0v) is 20.8. The summed E-state index contributed by atoms with van der Waals surface area (Å²) in [7, 11) is 0. The molecule has 1 aliphatic heterocycles. The van der Waals surface area contributed by atoms with Crippen LogP contribution in [0.2, 0.25) is 0 Å². The van der Waals surface area contributed by atoms with E-state index in [1.807, 2.05) is 0 Å². The lowest BCUT2D eigenvalue weighted by Crippen LogP contribution is -2.39.